The van der Waals surface area contributed by atoms with E-state index in [1.165, 1.54) is 4.31 Å². The SMILES string of the molecule is CC(C)CS(=O)(=O)N1CC(CCl)OCC1C. The van der Waals surface area contributed by atoms with Gasteiger partial charge < -0.3 is 4.74 Å². The fraction of sp³-hybridized carbons (Fsp3) is 1.00. The van der Waals surface area contributed by atoms with Crippen LogP contribution in [0.1, 0.15) is 20.8 Å². The molecule has 0 saturated carbocycles. The van der Waals surface area contributed by atoms with Crippen molar-refractivity contribution in [2.24, 2.45) is 5.92 Å². The van der Waals surface area contributed by atoms with Crippen LogP contribution in [0.4, 0.5) is 0 Å². The van der Waals surface area contributed by atoms with Crippen LogP contribution in [0.2, 0.25) is 0 Å². The molecular weight excluding hydrogens is 250 g/mol. The van der Waals surface area contributed by atoms with Crippen molar-refractivity contribution in [2.75, 3.05) is 24.8 Å². The molecule has 96 valence electrons. The highest BCUT2D eigenvalue weighted by atomic mass is 35.5. The second kappa shape index (κ2) is 5.67. The summed E-state index contributed by atoms with van der Waals surface area (Å²) in [6.45, 7) is 6.47. The van der Waals surface area contributed by atoms with Gasteiger partial charge in [0.05, 0.1) is 18.5 Å². The highest BCUT2D eigenvalue weighted by molar-refractivity contribution is 7.89. The standard InChI is InChI=1S/C10H20ClNO3S/c1-8(2)7-16(13,14)12-5-10(4-11)15-6-9(12)3/h8-10H,4-7H2,1-3H3. The largest absolute Gasteiger partial charge is 0.374 e. The van der Waals surface area contributed by atoms with E-state index in [0.717, 1.165) is 0 Å². The number of hydrogen-bond donors (Lipinski definition) is 0. The fourth-order valence-corrected chi connectivity index (χ4v) is 4.01. The smallest absolute Gasteiger partial charge is 0.214 e. The van der Waals surface area contributed by atoms with E-state index in [1.807, 2.05) is 20.8 Å². The first-order valence-corrected chi connectivity index (χ1v) is 7.68. The number of nitrogens with zero attached hydrogens (tertiary/aromatic N) is 1. The molecule has 6 heteroatoms. The van der Waals surface area contributed by atoms with Gasteiger partial charge in [0.2, 0.25) is 10.0 Å². The van der Waals surface area contributed by atoms with Crippen molar-refractivity contribution < 1.29 is 13.2 Å². The second-order valence-electron chi connectivity index (χ2n) is 4.70. The highest BCUT2D eigenvalue weighted by Gasteiger charge is 2.34. The number of halogens is 1. The average molecular weight is 270 g/mol. The molecule has 16 heavy (non-hydrogen) atoms. The predicted molar refractivity (Wildman–Crippen MR) is 65.3 cm³/mol. The molecule has 2 unspecified atom stereocenters. The van der Waals surface area contributed by atoms with Crippen molar-refractivity contribution in [3.8, 4) is 0 Å². The van der Waals surface area contributed by atoms with E-state index < -0.39 is 10.0 Å². The molecule has 0 aromatic rings. The minimum atomic E-state index is -3.18. The quantitative estimate of drug-likeness (QED) is 0.723. The summed E-state index contributed by atoms with van der Waals surface area (Å²) >= 11 is 5.70. The average Bonchev–Trinajstić information content (AvgIpc) is 2.16. The Morgan fingerprint density at radius 2 is 2.12 bits per heavy atom. The van der Waals surface area contributed by atoms with Gasteiger partial charge in [-0.2, -0.15) is 4.31 Å². The van der Waals surface area contributed by atoms with Gasteiger partial charge in [-0.1, -0.05) is 13.8 Å². The third-order valence-electron chi connectivity index (χ3n) is 2.52. The van der Waals surface area contributed by atoms with Crippen LogP contribution < -0.4 is 0 Å². The molecule has 0 spiro atoms. The Morgan fingerprint density at radius 3 is 2.62 bits per heavy atom. The summed E-state index contributed by atoms with van der Waals surface area (Å²) < 4.78 is 31.2. The Morgan fingerprint density at radius 1 is 1.50 bits per heavy atom. The fourth-order valence-electron chi connectivity index (χ4n) is 1.79. The van der Waals surface area contributed by atoms with Crippen molar-refractivity contribution in [1.29, 1.82) is 0 Å². The molecule has 1 rings (SSSR count). The van der Waals surface area contributed by atoms with Gasteiger partial charge in [-0.25, -0.2) is 8.42 Å². The van der Waals surface area contributed by atoms with Crippen LogP contribution in [0.3, 0.4) is 0 Å². The summed E-state index contributed by atoms with van der Waals surface area (Å²) in [5.74, 6) is 0.654. The van der Waals surface area contributed by atoms with Crippen molar-refractivity contribution in [3.05, 3.63) is 0 Å². The van der Waals surface area contributed by atoms with Crippen LogP contribution >= 0.6 is 11.6 Å². The van der Waals surface area contributed by atoms with Crippen LogP contribution in [-0.4, -0.2) is 49.7 Å². The molecular formula is C10H20ClNO3S. The summed E-state index contributed by atoms with van der Waals surface area (Å²) in [6.07, 6.45) is -0.181. The zero-order valence-electron chi connectivity index (χ0n) is 10.0. The Balaban J connectivity index is 2.76. The summed E-state index contributed by atoms with van der Waals surface area (Å²) in [7, 11) is -3.18. The molecule has 0 aromatic carbocycles. The molecule has 1 heterocycles. The Labute approximate surface area is 103 Å². The number of alkyl halides is 1. The maximum Gasteiger partial charge on any atom is 0.214 e. The molecule has 0 bridgehead atoms. The minimum Gasteiger partial charge on any atom is -0.374 e. The van der Waals surface area contributed by atoms with E-state index in [0.29, 0.717) is 19.0 Å². The van der Waals surface area contributed by atoms with Gasteiger partial charge in [-0.3, -0.25) is 0 Å². The molecule has 0 aromatic heterocycles. The lowest BCUT2D eigenvalue weighted by Crippen LogP contribution is -2.52. The van der Waals surface area contributed by atoms with E-state index in [4.69, 9.17) is 16.3 Å². The Bertz CT molecular complexity index is 318. The first-order valence-electron chi connectivity index (χ1n) is 5.54. The first kappa shape index (κ1) is 14.2. The van der Waals surface area contributed by atoms with E-state index >= 15 is 0 Å². The topological polar surface area (TPSA) is 46.6 Å². The Hall–Kier alpha value is 0.160. The van der Waals surface area contributed by atoms with Crippen LogP contribution in [-0.2, 0) is 14.8 Å². The summed E-state index contributed by atoms with van der Waals surface area (Å²) in [6, 6.07) is -0.0942. The molecule has 1 aliphatic heterocycles. The van der Waals surface area contributed by atoms with Crippen LogP contribution in [0.15, 0.2) is 0 Å². The predicted octanol–water partition coefficient (Wildman–Crippen LogP) is 1.30. The van der Waals surface area contributed by atoms with Crippen molar-refractivity contribution in [1.82, 2.24) is 4.31 Å². The lowest BCUT2D eigenvalue weighted by atomic mass is 10.2. The number of hydrogen-bond acceptors (Lipinski definition) is 3. The normalized spacial score (nSPS) is 28.6. The second-order valence-corrected chi connectivity index (χ2v) is 6.98. The molecule has 0 amide bonds. The maximum atomic E-state index is 12.1. The third-order valence-corrected chi connectivity index (χ3v) is 5.18. The zero-order valence-corrected chi connectivity index (χ0v) is 11.6. The van der Waals surface area contributed by atoms with E-state index in [1.54, 1.807) is 0 Å². The van der Waals surface area contributed by atoms with E-state index in [-0.39, 0.29) is 23.8 Å². The lowest BCUT2D eigenvalue weighted by molar-refractivity contribution is -0.0152. The lowest BCUT2D eigenvalue weighted by Gasteiger charge is -2.36. The van der Waals surface area contributed by atoms with Crippen molar-refractivity contribution in [2.45, 2.75) is 32.9 Å². The molecule has 0 radical (unpaired) electrons. The number of morpholine rings is 1. The Kier molecular flexibility index (Phi) is 5.04. The van der Waals surface area contributed by atoms with Crippen molar-refractivity contribution >= 4 is 21.6 Å². The van der Waals surface area contributed by atoms with Crippen LogP contribution in [0.25, 0.3) is 0 Å². The van der Waals surface area contributed by atoms with Gasteiger partial charge >= 0.3 is 0 Å². The summed E-state index contributed by atoms with van der Waals surface area (Å²) in [5.41, 5.74) is 0. The molecule has 2 atom stereocenters. The monoisotopic (exact) mass is 269 g/mol. The van der Waals surface area contributed by atoms with Gasteiger partial charge in [-0.05, 0) is 12.8 Å². The number of rotatable bonds is 4. The van der Waals surface area contributed by atoms with Gasteiger partial charge in [0.15, 0.2) is 0 Å². The zero-order chi connectivity index (χ0) is 12.3. The molecule has 4 nitrogen and oxygen atoms in total. The van der Waals surface area contributed by atoms with Crippen LogP contribution in [0.5, 0.6) is 0 Å². The third kappa shape index (κ3) is 3.58. The molecule has 0 N–H and O–H groups in total. The molecule has 1 fully saturated rings. The maximum absolute atomic E-state index is 12.1. The van der Waals surface area contributed by atoms with Crippen LogP contribution in [0, 0.1) is 5.92 Å². The van der Waals surface area contributed by atoms with E-state index in [9.17, 15) is 8.42 Å². The van der Waals surface area contributed by atoms with Crippen molar-refractivity contribution in [3.63, 3.8) is 0 Å². The summed E-state index contributed by atoms with van der Waals surface area (Å²) in [4.78, 5) is 0. The van der Waals surface area contributed by atoms with Gasteiger partial charge in [0.25, 0.3) is 0 Å². The van der Waals surface area contributed by atoms with Gasteiger partial charge in [0.1, 0.15) is 0 Å². The number of ether oxygens (including phenoxy) is 1. The van der Waals surface area contributed by atoms with Gasteiger partial charge in [-0.15, -0.1) is 11.6 Å². The van der Waals surface area contributed by atoms with E-state index in [2.05, 4.69) is 0 Å². The number of sulfonamides is 1. The molecule has 0 aliphatic carbocycles. The summed E-state index contributed by atoms with van der Waals surface area (Å²) in [5, 5.41) is 0. The molecule has 1 aliphatic rings. The van der Waals surface area contributed by atoms with Gasteiger partial charge in [0, 0.05) is 18.5 Å². The first-order chi connectivity index (χ1) is 7.36. The minimum absolute atomic E-state index is 0.0942. The highest BCUT2D eigenvalue weighted by Crippen LogP contribution is 2.18. The molecule has 1 saturated heterocycles.